The van der Waals surface area contributed by atoms with Gasteiger partial charge < -0.3 is 20.1 Å². The summed E-state index contributed by atoms with van der Waals surface area (Å²) in [6.45, 7) is 7.87. The van der Waals surface area contributed by atoms with E-state index in [1.165, 1.54) is 11.3 Å². The number of aliphatic hydroxyl groups excluding tert-OH is 1. The van der Waals surface area contributed by atoms with E-state index in [1.807, 2.05) is 0 Å². The van der Waals surface area contributed by atoms with Crippen LogP contribution < -0.4 is 10.2 Å². The minimum atomic E-state index is -0.0736. The third-order valence-electron chi connectivity index (χ3n) is 4.04. The molecule has 21 heavy (non-hydrogen) atoms. The van der Waals surface area contributed by atoms with Crippen LogP contribution in [0.25, 0.3) is 0 Å². The van der Waals surface area contributed by atoms with Crippen molar-refractivity contribution in [3.05, 3.63) is 29.8 Å². The fraction of sp³-hybridized carbons (Fsp3) is 0.647. The number of nitrogens with zero attached hydrogens (tertiary/aromatic N) is 1. The Bertz CT molecular complexity index is 425. The first-order chi connectivity index (χ1) is 10.3. The van der Waals surface area contributed by atoms with Crippen molar-refractivity contribution in [2.45, 2.75) is 38.8 Å². The van der Waals surface area contributed by atoms with Crippen LogP contribution in [0.3, 0.4) is 0 Å². The SMILES string of the molecule is CCCNC(CC)c1ccccc1N1CCOC(CO)C1. The Morgan fingerprint density at radius 2 is 2.19 bits per heavy atom. The van der Waals surface area contributed by atoms with E-state index in [2.05, 4.69) is 48.3 Å². The minimum Gasteiger partial charge on any atom is -0.394 e. The molecule has 0 aliphatic carbocycles. The highest BCUT2D eigenvalue weighted by Crippen LogP contribution is 2.29. The van der Waals surface area contributed by atoms with Gasteiger partial charge in [0.05, 0.1) is 19.3 Å². The molecule has 4 nitrogen and oxygen atoms in total. The summed E-state index contributed by atoms with van der Waals surface area (Å²) in [5.41, 5.74) is 2.63. The molecule has 1 aromatic carbocycles. The van der Waals surface area contributed by atoms with Crippen LogP contribution in [0.4, 0.5) is 5.69 Å². The first kappa shape index (κ1) is 16.3. The molecule has 4 heteroatoms. The van der Waals surface area contributed by atoms with Crippen LogP contribution in [-0.4, -0.2) is 44.1 Å². The summed E-state index contributed by atoms with van der Waals surface area (Å²) in [5.74, 6) is 0. The zero-order chi connectivity index (χ0) is 15.1. The van der Waals surface area contributed by atoms with Crippen molar-refractivity contribution in [3.63, 3.8) is 0 Å². The Hall–Kier alpha value is -1.10. The van der Waals surface area contributed by atoms with Crippen molar-refractivity contribution < 1.29 is 9.84 Å². The lowest BCUT2D eigenvalue weighted by atomic mass is 10.0. The molecule has 2 unspecified atom stereocenters. The third-order valence-corrected chi connectivity index (χ3v) is 4.04. The molecule has 118 valence electrons. The van der Waals surface area contributed by atoms with Gasteiger partial charge in [0.2, 0.25) is 0 Å². The third kappa shape index (κ3) is 4.19. The predicted octanol–water partition coefficient (Wildman–Crippen LogP) is 2.33. The number of aliphatic hydroxyl groups is 1. The summed E-state index contributed by atoms with van der Waals surface area (Å²) in [6, 6.07) is 8.99. The average molecular weight is 292 g/mol. The van der Waals surface area contributed by atoms with Crippen LogP contribution >= 0.6 is 0 Å². The molecule has 1 aromatic rings. The zero-order valence-corrected chi connectivity index (χ0v) is 13.2. The number of hydrogen-bond donors (Lipinski definition) is 2. The van der Waals surface area contributed by atoms with Gasteiger partial charge in [0.1, 0.15) is 0 Å². The normalized spacial score (nSPS) is 20.5. The van der Waals surface area contributed by atoms with Crippen molar-refractivity contribution in [3.8, 4) is 0 Å². The van der Waals surface area contributed by atoms with Gasteiger partial charge in [0, 0.05) is 24.8 Å². The van der Waals surface area contributed by atoms with Crippen LogP contribution in [0.5, 0.6) is 0 Å². The van der Waals surface area contributed by atoms with Gasteiger partial charge in [-0.3, -0.25) is 0 Å². The lowest BCUT2D eigenvalue weighted by Gasteiger charge is -2.36. The van der Waals surface area contributed by atoms with Crippen molar-refractivity contribution in [2.75, 3.05) is 37.7 Å². The number of anilines is 1. The summed E-state index contributed by atoms with van der Waals surface area (Å²) in [7, 11) is 0. The molecule has 1 aliphatic rings. The summed E-state index contributed by atoms with van der Waals surface area (Å²) >= 11 is 0. The van der Waals surface area contributed by atoms with Crippen LogP contribution in [-0.2, 0) is 4.74 Å². The lowest BCUT2D eigenvalue weighted by molar-refractivity contribution is 0.00350. The van der Waals surface area contributed by atoms with E-state index in [0.717, 1.165) is 32.5 Å². The number of benzene rings is 1. The Labute approximate surface area is 128 Å². The standard InChI is InChI=1S/C17H28N2O2/c1-3-9-18-16(4-2)15-7-5-6-8-17(15)19-10-11-21-14(12-19)13-20/h5-8,14,16,18,20H,3-4,9-13H2,1-2H3. The molecule has 1 heterocycles. The van der Waals surface area contributed by atoms with E-state index >= 15 is 0 Å². The Morgan fingerprint density at radius 3 is 2.90 bits per heavy atom. The Kier molecular flexibility index (Phi) is 6.49. The second-order valence-electron chi connectivity index (χ2n) is 5.60. The van der Waals surface area contributed by atoms with Gasteiger partial charge in [-0.05, 0) is 31.0 Å². The molecular weight excluding hydrogens is 264 g/mol. The van der Waals surface area contributed by atoms with Crippen LogP contribution in [0.2, 0.25) is 0 Å². The smallest absolute Gasteiger partial charge is 0.0980 e. The highest BCUT2D eigenvalue weighted by molar-refractivity contribution is 5.55. The van der Waals surface area contributed by atoms with E-state index in [1.54, 1.807) is 0 Å². The largest absolute Gasteiger partial charge is 0.394 e. The minimum absolute atomic E-state index is 0.0736. The maximum Gasteiger partial charge on any atom is 0.0980 e. The van der Waals surface area contributed by atoms with E-state index < -0.39 is 0 Å². The molecular formula is C17H28N2O2. The fourth-order valence-electron chi connectivity index (χ4n) is 2.91. The van der Waals surface area contributed by atoms with Crippen molar-refractivity contribution in [2.24, 2.45) is 0 Å². The first-order valence-corrected chi connectivity index (χ1v) is 8.09. The number of para-hydroxylation sites is 1. The van der Waals surface area contributed by atoms with Gasteiger partial charge >= 0.3 is 0 Å². The van der Waals surface area contributed by atoms with Gasteiger partial charge in [0.25, 0.3) is 0 Å². The molecule has 2 rings (SSSR count). The molecule has 0 amide bonds. The van der Waals surface area contributed by atoms with Gasteiger partial charge in [-0.25, -0.2) is 0 Å². The molecule has 1 fully saturated rings. The van der Waals surface area contributed by atoms with Gasteiger partial charge in [0.15, 0.2) is 0 Å². The number of hydrogen-bond acceptors (Lipinski definition) is 4. The topological polar surface area (TPSA) is 44.7 Å². The average Bonchev–Trinajstić information content (AvgIpc) is 2.56. The highest BCUT2D eigenvalue weighted by atomic mass is 16.5. The number of rotatable bonds is 7. The van der Waals surface area contributed by atoms with Crippen LogP contribution in [0.1, 0.15) is 38.3 Å². The summed E-state index contributed by atoms with van der Waals surface area (Å²) in [5, 5.41) is 13.0. The van der Waals surface area contributed by atoms with Gasteiger partial charge in [-0.15, -0.1) is 0 Å². The van der Waals surface area contributed by atoms with Crippen molar-refractivity contribution >= 4 is 5.69 Å². The second kappa shape index (κ2) is 8.37. The monoisotopic (exact) mass is 292 g/mol. The maximum atomic E-state index is 9.33. The number of morpholine rings is 1. The Morgan fingerprint density at radius 1 is 1.38 bits per heavy atom. The van der Waals surface area contributed by atoms with E-state index in [0.29, 0.717) is 12.6 Å². The molecule has 0 spiro atoms. The van der Waals surface area contributed by atoms with Crippen molar-refractivity contribution in [1.29, 1.82) is 0 Å². The van der Waals surface area contributed by atoms with Crippen molar-refractivity contribution in [1.82, 2.24) is 5.32 Å². The van der Waals surface area contributed by atoms with Gasteiger partial charge in [-0.2, -0.15) is 0 Å². The summed E-state index contributed by atoms with van der Waals surface area (Å²) < 4.78 is 5.56. The summed E-state index contributed by atoms with van der Waals surface area (Å²) in [6.07, 6.45) is 2.14. The molecule has 0 bridgehead atoms. The zero-order valence-electron chi connectivity index (χ0n) is 13.2. The predicted molar refractivity (Wildman–Crippen MR) is 86.8 cm³/mol. The highest BCUT2D eigenvalue weighted by Gasteiger charge is 2.23. The van der Waals surface area contributed by atoms with E-state index in [9.17, 15) is 5.11 Å². The molecule has 2 atom stereocenters. The number of nitrogens with one attached hydrogen (secondary N) is 1. The van der Waals surface area contributed by atoms with E-state index in [-0.39, 0.29) is 12.7 Å². The Balaban J connectivity index is 2.18. The lowest BCUT2D eigenvalue weighted by Crippen LogP contribution is -2.44. The molecule has 1 saturated heterocycles. The molecule has 2 N–H and O–H groups in total. The fourth-order valence-corrected chi connectivity index (χ4v) is 2.91. The van der Waals surface area contributed by atoms with E-state index in [4.69, 9.17) is 4.74 Å². The first-order valence-electron chi connectivity index (χ1n) is 8.09. The van der Waals surface area contributed by atoms with Gasteiger partial charge in [-0.1, -0.05) is 32.0 Å². The van der Waals surface area contributed by atoms with Crippen LogP contribution in [0, 0.1) is 0 Å². The summed E-state index contributed by atoms with van der Waals surface area (Å²) in [4.78, 5) is 2.34. The maximum absolute atomic E-state index is 9.33. The molecule has 1 aliphatic heterocycles. The molecule has 0 saturated carbocycles. The molecule has 0 aromatic heterocycles. The second-order valence-corrected chi connectivity index (χ2v) is 5.60. The quantitative estimate of drug-likeness (QED) is 0.809. The molecule has 0 radical (unpaired) electrons. The number of ether oxygens (including phenoxy) is 1. The van der Waals surface area contributed by atoms with Crippen LogP contribution in [0.15, 0.2) is 24.3 Å².